The first-order valence-corrected chi connectivity index (χ1v) is 12.0. The Bertz CT molecular complexity index is 1080. The van der Waals surface area contributed by atoms with Crippen LogP contribution < -0.4 is 10.0 Å². The number of aromatic hydroxyl groups is 1. The molecule has 0 radical (unpaired) electrons. The predicted octanol–water partition coefficient (Wildman–Crippen LogP) is 4.99. The van der Waals surface area contributed by atoms with Gasteiger partial charge in [0.25, 0.3) is 10.0 Å². The zero-order valence-corrected chi connectivity index (χ0v) is 19.3. The summed E-state index contributed by atoms with van der Waals surface area (Å²) in [6.45, 7) is 6.01. The smallest absolute Gasteiger partial charge is 0.339 e. The molecule has 0 aliphatic heterocycles. The van der Waals surface area contributed by atoms with Crippen LogP contribution in [0.1, 0.15) is 55.5 Å². The van der Waals surface area contributed by atoms with E-state index in [2.05, 4.69) is 26.0 Å². The van der Waals surface area contributed by atoms with Crippen LogP contribution in [-0.2, 0) is 10.0 Å². The highest BCUT2D eigenvalue weighted by molar-refractivity contribution is 9.10. The molecule has 0 amide bonds. The van der Waals surface area contributed by atoms with Gasteiger partial charge < -0.3 is 15.5 Å². The van der Waals surface area contributed by atoms with Crippen molar-refractivity contribution in [3.63, 3.8) is 0 Å². The number of phenols is 1. The first-order chi connectivity index (χ1) is 14.0. The van der Waals surface area contributed by atoms with Crippen molar-refractivity contribution in [2.75, 3.05) is 10.0 Å². The second-order valence-corrected chi connectivity index (χ2v) is 10.5. The van der Waals surface area contributed by atoms with Gasteiger partial charge in [0, 0.05) is 10.5 Å². The minimum Gasteiger partial charge on any atom is -0.505 e. The number of anilines is 2. The summed E-state index contributed by atoms with van der Waals surface area (Å²) in [5.74, 6) is -1.46. The lowest BCUT2D eigenvalue weighted by Gasteiger charge is -2.22. The molecule has 2 aromatic rings. The van der Waals surface area contributed by atoms with Crippen molar-refractivity contribution in [2.45, 2.75) is 50.5 Å². The third kappa shape index (κ3) is 4.89. The SMILES string of the molecule is CC(C)[C@@H](C)Nc1ccc(Br)cc1S(=O)(=O)Nc1cc(C2CC2)cc(C(=O)O)c1O. The second kappa shape index (κ2) is 8.47. The van der Waals surface area contributed by atoms with E-state index < -0.39 is 21.7 Å². The van der Waals surface area contributed by atoms with E-state index in [-0.39, 0.29) is 34.0 Å². The Balaban J connectivity index is 2.03. The molecule has 0 heterocycles. The Hall–Kier alpha value is -2.26. The molecule has 0 unspecified atom stereocenters. The zero-order valence-electron chi connectivity index (χ0n) is 16.9. The van der Waals surface area contributed by atoms with Gasteiger partial charge in [-0.1, -0.05) is 29.8 Å². The van der Waals surface area contributed by atoms with E-state index in [4.69, 9.17) is 0 Å². The lowest BCUT2D eigenvalue weighted by atomic mass is 10.0. The summed E-state index contributed by atoms with van der Waals surface area (Å²) in [7, 11) is -4.12. The van der Waals surface area contributed by atoms with E-state index in [1.807, 2.05) is 20.8 Å². The third-order valence-electron chi connectivity index (χ3n) is 5.27. The molecular weight excluding hydrogens is 472 g/mol. The molecule has 162 valence electrons. The lowest BCUT2D eigenvalue weighted by molar-refractivity contribution is 0.0693. The maximum absolute atomic E-state index is 13.2. The quantitative estimate of drug-likeness (QED) is 0.382. The number of sulfonamides is 1. The van der Waals surface area contributed by atoms with Crippen LogP contribution in [0.2, 0.25) is 0 Å². The number of nitrogens with one attached hydrogen (secondary N) is 2. The van der Waals surface area contributed by atoms with Crippen molar-refractivity contribution in [1.82, 2.24) is 0 Å². The van der Waals surface area contributed by atoms with Crippen molar-refractivity contribution < 1.29 is 23.4 Å². The van der Waals surface area contributed by atoms with Crippen molar-refractivity contribution in [1.29, 1.82) is 0 Å². The number of hydrogen-bond acceptors (Lipinski definition) is 5. The highest BCUT2D eigenvalue weighted by atomic mass is 79.9. The number of rotatable bonds is 8. The molecule has 30 heavy (non-hydrogen) atoms. The average molecular weight is 497 g/mol. The number of carboxylic acid groups (broad SMARTS) is 1. The van der Waals surface area contributed by atoms with E-state index in [0.29, 0.717) is 15.7 Å². The van der Waals surface area contributed by atoms with Crippen LogP contribution in [0.25, 0.3) is 0 Å². The molecule has 1 aliphatic carbocycles. The summed E-state index contributed by atoms with van der Waals surface area (Å²) < 4.78 is 29.4. The number of hydrogen-bond donors (Lipinski definition) is 4. The van der Waals surface area contributed by atoms with Gasteiger partial charge in [0.15, 0.2) is 5.75 Å². The van der Waals surface area contributed by atoms with E-state index in [1.54, 1.807) is 12.1 Å². The Morgan fingerprint density at radius 2 is 1.80 bits per heavy atom. The molecule has 7 nitrogen and oxygen atoms in total. The van der Waals surface area contributed by atoms with E-state index in [0.717, 1.165) is 12.8 Å². The molecule has 0 aromatic heterocycles. The lowest BCUT2D eigenvalue weighted by Crippen LogP contribution is -2.24. The van der Waals surface area contributed by atoms with Gasteiger partial charge in [-0.3, -0.25) is 4.72 Å². The molecular formula is C21H25BrN2O5S. The molecule has 0 bridgehead atoms. The monoisotopic (exact) mass is 496 g/mol. The molecule has 0 saturated heterocycles. The largest absolute Gasteiger partial charge is 0.505 e. The average Bonchev–Trinajstić information content (AvgIpc) is 3.49. The van der Waals surface area contributed by atoms with E-state index in [1.165, 1.54) is 18.2 Å². The van der Waals surface area contributed by atoms with Gasteiger partial charge in [-0.25, -0.2) is 13.2 Å². The van der Waals surface area contributed by atoms with Crippen LogP contribution in [0.15, 0.2) is 39.7 Å². The summed E-state index contributed by atoms with van der Waals surface area (Å²) in [6.07, 6.45) is 1.81. The molecule has 1 aliphatic rings. The van der Waals surface area contributed by atoms with Gasteiger partial charge in [0.05, 0.1) is 11.4 Å². The highest BCUT2D eigenvalue weighted by Crippen LogP contribution is 2.44. The predicted molar refractivity (Wildman–Crippen MR) is 120 cm³/mol. The first-order valence-electron chi connectivity index (χ1n) is 9.68. The molecule has 1 atom stereocenters. The number of halogens is 1. The summed E-state index contributed by atoms with van der Waals surface area (Å²) in [5.41, 5.74) is 0.657. The first kappa shape index (κ1) is 22.4. The molecule has 0 spiro atoms. The van der Waals surface area contributed by atoms with Crippen LogP contribution in [0, 0.1) is 5.92 Å². The van der Waals surface area contributed by atoms with E-state index >= 15 is 0 Å². The number of carboxylic acids is 1. The summed E-state index contributed by atoms with van der Waals surface area (Å²) in [4.78, 5) is 11.5. The van der Waals surface area contributed by atoms with Crippen LogP contribution in [0.3, 0.4) is 0 Å². The Kier molecular flexibility index (Phi) is 6.33. The fraction of sp³-hybridized carbons (Fsp3) is 0.381. The number of benzene rings is 2. The van der Waals surface area contributed by atoms with Crippen LogP contribution >= 0.6 is 15.9 Å². The minimum atomic E-state index is -4.12. The summed E-state index contributed by atoms with van der Waals surface area (Å²) in [5, 5.41) is 23.0. The summed E-state index contributed by atoms with van der Waals surface area (Å²) >= 11 is 3.31. The van der Waals surface area contributed by atoms with Crippen LogP contribution in [0.5, 0.6) is 5.75 Å². The highest BCUT2D eigenvalue weighted by Gasteiger charge is 2.29. The minimum absolute atomic E-state index is 0.00234. The Labute approximate surface area is 184 Å². The fourth-order valence-corrected chi connectivity index (χ4v) is 4.77. The summed E-state index contributed by atoms with van der Waals surface area (Å²) in [6, 6.07) is 7.81. The van der Waals surface area contributed by atoms with Gasteiger partial charge in [-0.15, -0.1) is 0 Å². The van der Waals surface area contributed by atoms with Crippen molar-refractivity contribution in [2.24, 2.45) is 5.92 Å². The third-order valence-corrected chi connectivity index (χ3v) is 7.17. The topological polar surface area (TPSA) is 116 Å². The van der Waals surface area contributed by atoms with Crippen molar-refractivity contribution in [3.05, 3.63) is 45.9 Å². The molecule has 9 heteroatoms. The van der Waals surface area contributed by atoms with Crippen LogP contribution in [0.4, 0.5) is 11.4 Å². The maximum atomic E-state index is 13.2. The van der Waals surface area contributed by atoms with Gasteiger partial charge in [-0.2, -0.15) is 0 Å². The molecule has 1 saturated carbocycles. The standard InChI is InChI=1S/C21H25BrN2O5S/c1-11(2)12(3)23-17-7-6-15(22)10-19(17)30(28,29)24-18-9-14(13-4-5-13)8-16(20(18)25)21(26)27/h6-13,23-25H,4-5H2,1-3H3,(H,26,27)/t12-/m1/s1. The molecule has 3 rings (SSSR count). The normalized spacial score (nSPS) is 15.1. The second-order valence-electron chi connectivity index (χ2n) is 7.97. The molecule has 2 aromatic carbocycles. The number of carbonyl (C=O) groups is 1. The fourth-order valence-electron chi connectivity index (χ4n) is 3.00. The Morgan fingerprint density at radius 3 is 2.37 bits per heavy atom. The van der Waals surface area contributed by atoms with Gasteiger partial charge in [0.1, 0.15) is 10.5 Å². The Morgan fingerprint density at radius 1 is 1.13 bits per heavy atom. The van der Waals surface area contributed by atoms with Crippen LogP contribution in [-0.4, -0.2) is 30.6 Å². The van der Waals surface area contributed by atoms with Gasteiger partial charge in [-0.05, 0) is 67.5 Å². The number of aromatic carboxylic acids is 1. The van der Waals surface area contributed by atoms with Crippen molar-refractivity contribution in [3.8, 4) is 5.75 Å². The molecule has 4 N–H and O–H groups in total. The zero-order chi connectivity index (χ0) is 22.2. The van der Waals surface area contributed by atoms with Gasteiger partial charge >= 0.3 is 5.97 Å². The van der Waals surface area contributed by atoms with E-state index in [9.17, 15) is 23.4 Å². The molecule has 1 fully saturated rings. The van der Waals surface area contributed by atoms with Crippen molar-refractivity contribution >= 4 is 43.3 Å². The maximum Gasteiger partial charge on any atom is 0.339 e. The van der Waals surface area contributed by atoms with Gasteiger partial charge in [0.2, 0.25) is 0 Å².